The molecule has 0 rings (SSSR count). The molecule has 108 valence electrons. The zero-order valence-electron chi connectivity index (χ0n) is 12.1. The molecule has 1 N–H and O–H groups in total. The lowest BCUT2D eigenvalue weighted by atomic mass is 9.97. The van der Waals surface area contributed by atoms with Crippen molar-refractivity contribution in [1.29, 1.82) is 0 Å². The predicted molar refractivity (Wildman–Crippen MR) is 68.0 cm³/mol. The Labute approximate surface area is 109 Å². The van der Waals surface area contributed by atoms with Crippen LogP contribution in [0.2, 0.25) is 0 Å². The Morgan fingerprint density at radius 1 is 1.33 bits per heavy atom. The third-order valence-electron chi connectivity index (χ3n) is 2.63. The molecule has 18 heavy (non-hydrogen) atoms. The van der Waals surface area contributed by atoms with Gasteiger partial charge in [0.15, 0.2) is 0 Å². The third-order valence-corrected chi connectivity index (χ3v) is 2.63. The fraction of sp³-hybridized carbons (Fsp3) is 0.923. The highest BCUT2D eigenvalue weighted by Crippen LogP contribution is 2.17. The van der Waals surface area contributed by atoms with Crippen LogP contribution in [0, 0.1) is 11.3 Å². The normalized spacial score (nSPS) is 15.2. The van der Waals surface area contributed by atoms with Crippen LogP contribution in [-0.4, -0.2) is 44.3 Å². The number of methoxy groups -OCH3 is 1. The summed E-state index contributed by atoms with van der Waals surface area (Å²) >= 11 is 0. The highest BCUT2D eigenvalue weighted by molar-refractivity contribution is 5.75. The van der Waals surface area contributed by atoms with Gasteiger partial charge in [0.2, 0.25) is 0 Å². The van der Waals surface area contributed by atoms with Crippen molar-refractivity contribution in [3.05, 3.63) is 0 Å². The van der Waals surface area contributed by atoms with Crippen LogP contribution in [-0.2, 0) is 19.0 Å². The second-order valence-electron chi connectivity index (χ2n) is 5.45. The first-order chi connectivity index (χ1) is 8.32. The first kappa shape index (κ1) is 17.4. The van der Waals surface area contributed by atoms with Crippen LogP contribution in [0.25, 0.3) is 0 Å². The Morgan fingerprint density at radius 2 is 1.94 bits per heavy atom. The Morgan fingerprint density at radius 3 is 2.39 bits per heavy atom. The average molecular weight is 262 g/mol. The minimum atomic E-state index is -0.480. The van der Waals surface area contributed by atoms with E-state index in [2.05, 4.69) is 0 Å². The van der Waals surface area contributed by atoms with Crippen LogP contribution >= 0.6 is 0 Å². The molecule has 0 aliphatic rings. The van der Waals surface area contributed by atoms with E-state index in [1.165, 1.54) is 7.11 Å². The van der Waals surface area contributed by atoms with E-state index < -0.39 is 5.41 Å². The van der Waals surface area contributed by atoms with Gasteiger partial charge in [0.05, 0.1) is 24.7 Å². The summed E-state index contributed by atoms with van der Waals surface area (Å²) in [6.07, 6.45) is 0.356. The van der Waals surface area contributed by atoms with Crippen molar-refractivity contribution in [3.63, 3.8) is 0 Å². The number of carbonyl (C=O) groups excluding carboxylic acids is 1. The highest BCUT2D eigenvalue weighted by Gasteiger charge is 2.24. The number of aliphatic hydroxyl groups excluding tert-OH is 1. The van der Waals surface area contributed by atoms with Crippen molar-refractivity contribution in [3.8, 4) is 0 Å². The van der Waals surface area contributed by atoms with Gasteiger partial charge in [-0.3, -0.25) is 4.79 Å². The van der Waals surface area contributed by atoms with Crippen LogP contribution in [0.5, 0.6) is 0 Å². The zero-order valence-corrected chi connectivity index (χ0v) is 12.1. The molecule has 0 heterocycles. The molecule has 5 heteroatoms. The maximum atomic E-state index is 11.5. The topological polar surface area (TPSA) is 65.0 Å². The van der Waals surface area contributed by atoms with Crippen LogP contribution in [0.1, 0.15) is 34.1 Å². The minimum absolute atomic E-state index is 0.0717. The number of hydrogen-bond donors (Lipinski definition) is 1. The van der Waals surface area contributed by atoms with Gasteiger partial charge in [-0.25, -0.2) is 0 Å². The molecule has 0 bridgehead atoms. The number of aliphatic hydroxyl groups is 1. The van der Waals surface area contributed by atoms with E-state index in [9.17, 15) is 9.90 Å². The number of hydrogen-bond acceptors (Lipinski definition) is 5. The molecule has 0 amide bonds. The maximum absolute atomic E-state index is 11.5. The maximum Gasteiger partial charge on any atom is 0.311 e. The molecule has 0 aromatic carbocycles. The monoisotopic (exact) mass is 262 g/mol. The first-order valence-corrected chi connectivity index (χ1v) is 6.21. The van der Waals surface area contributed by atoms with Gasteiger partial charge in [0, 0.05) is 7.11 Å². The Balaban J connectivity index is 3.94. The molecule has 0 fully saturated rings. The van der Waals surface area contributed by atoms with Gasteiger partial charge in [-0.1, -0.05) is 6.92 Å². The molecular formula is C13H26O5. The van der Waals surface area contributed by atoms with E-state index in [4.69, 9.17) is 14.2 Å². The van der Waals surface area contributed by atoms with Gasteiger partial charge in [-0.15, -0.1) is 0 Å². The van der Waals surface area contributed by atoms with Crippen LogP contribution in [0.15, 0.2) is 0 Å². The van der Waals surface area contributed by atoms with Crippen molar-refractivity contribution < 1.29 is 24.1 Å². The van der Waals surface area contributed by atoms with Crippen molar-refractivity contribution in [2.45, 2.75) is 40.2 Å². The Kier molecular flexibility index (Phi) is 8.15. The Hall–Kier alpha value is -0.650. The smallest absolute Gasteiger partial charge is 0.311 e. The summed E-state index contributed by atoms with van der Waals surface area (Å²) < 4.78 is 15.3. The van der Waals surface area contributed by atoms with E-state index in [0.29, 0.717) is 13.0 Å². The molecule has 0 unspecified atom stereocenters. The van der Waals surface area contributed by atoms with Gasteiger partial charge >= 0.3 is 5.97 Å². The number of carbonyl (C=O) groups is 1. The molecule has 5 nitrogen and oxygen atoms in total. The molecule has 0 radical (unpaired) electrons. The van der Waals surface area contributed by atoms with Gasteiger partial charge in [0.25, 0.3) is 0 Å². The number of esters is 1. The largest absolute Gasteiger partial charge is 0.465 e. The fourth-order valence-electron chi connectivity index (χ4n) is 1.29. The van der Waals surface area contributed by atoms with E-state index in [1.54, 1.807) is 0 Å². The minimum Gasteiger partial charge on any atom is -0.465 e. The molecule has 0 saturated carbocycles. The van der Waals surface area contributed by atoms with E-state index >= 15 is 0 Å². The lowest BCUT2D eigenvalue weighted by molar-refractivity contribution is -0.154. The van der Waals surface area contributed by atoms with Gasteiger partial charge in [-0.05, 0) is 33.1 Å². The summed E-state index contributed by atoms with van der Waals surface area (Å²) in [4.78, 5) is 11.5. The van der Waals surface area contributed by atoms with E-state index in [-0.39, 0.29) is 31.4 Å². The van der Waals surface area contributed by atoms with Crippen molar-refractivity contribution >= 4 is 5.97 Å². The second-order valence-corrected chi connectivity index (χ2v) is 5.45. The molecule has 0 saturated heterocycles. The summed E-state index contributed by atoms with van der Waals surface area (Å²) in [5.41, 5.74) is -0.480. The van der Waals surface area contributed by atoms with Crippen LogP contribution in [0.3, 0.4) is 0 Å². The van der Waals surface area contributed by atoms with Crippen molar-refractivity contribution in [2.75, 3.05) is 27.1 Å². The molecular weight excluding hydrogens is 236 g/mol. The molecule has 2 atom stereocenters. The van der Waals surface area contributed by atoms with E-state index in [0.717, 1.165) is 0 Å². The lowest BCUT2D eigenvalue weighted by Crippen LogP contribution is -2.29. The average Bonchev–Trinajstić information content (AvgIpc) is 2.28. The summed E-state index contributed by atoms with van der Waals surface area (Å²) in [6.45, 7) is 7.81. The molecule has 0 spiro atoms. The highest BCUT2D eigenvalue weighted by atomic mass is 16.7. The number of ether oxygens (including phenoxy) is 3. The Bertz CT molecular complexity index is 234. The molecule has 0 aliphatic heterocycles. The molecule has 0 aromatic heterocycles. The van der Waals surface area contributed by atoms with Crippen molar-refractivity contribution in [1.82, 2.24) is 0 Å². The summed E-state index contributed by atoms with van der Waals surface area (Å²) in [7, 11) is 1.53. The third kappa shape index (κ3) is 6.93. The molecule has 0 aliphatic carbocycles. The van der Waals surface area contributed by atoms with Gasteiger partial charge < -0.3 is 19.3 Å². The SMILES string of the molecule is COCO[C@H](CO)[C@@H](C)CCOC(=O)C(C)(C)C. The first-order valence-electron chi connectivity index (χ1n) is 6.21. The van der Waals surface area contributed by atoms with Gasteiger partial charge in [0.1, 0.15) is 6.79 Å². The summed E-state index contributed by atoms with van der Waals surface area (Å²) in [5, 5.41) is 9.17. The van der Waals surface area contributed by atoms with Crippen LogP contribution in [0.4, 0.5) is 0 Å². The van der Waals surface area contributed by atoms with Crippen LogP contribution < -0.4 is 0 Å². The standard InChI is InChI=1S/C13H26O5/c1-10(11(8-14)18-9-16-5)6-7-17-12(15)13(2,3)4/h10-11,14H,6-9H2,1-5H3/t10-,11+/m0/s1. The fourth-order valence-corrected chi connectivity index (χ4v) is 1.29. The predicted octanol–water partition coefficient (Wildman–Crippen LogP) is 1.58. The number of rotatable bonds is 8. The molecule has 0 aromatic rings. The van der Waals surface area contributed by atoms with Crippen molar-refractivity contribution in [2.24, 2.45) is 11.3 Å². The quantitative estimate of drug-likeness (QED) is 0.531. The summed E-state index contributed by atoms with van der Waals surface area (Å²) in [6, 6.07) is 0. The zero-order chi connectivity index (χ0) is 14.2. The lowest BCUT2D eigenvalue weighted by Gasteiger charge is -2.23. The van der Waals surface area contributed by atoms with E-state index in [1.807, 2.05) is 27.7 Å². The van der Waals surface area contributed by atoms with Gasteiger partial charge in [-0.2, -0.15) is 0 Å². The summed E-state index contributed by atoms with van der Waals surface area (Å²) in [5.74, 6) is -0.119. The second kappa shape index (κ2) is 8.45.